The van der Waals surface area contributed by atoms with E-state index < -0.39 is 0 Å². The van der Waals surface area contributed by atoms with Gasteiger partial charge in [-0.25, -0.2) is 0 Å². The summed E-state index contributed by atoms with van der Waals surface area (Å²) in [7, 11) is 0. The van der Waals surface area contributed by atoms with Gasteiger partial charge in [-0.3, -0.25) is 4.98 Å². The van der Waals surface area contributed by atoms with Gasteiger partial charge in [-0.2, -0.15) is 0 Å². The van der Waals surface area contributed by atoms with E-state index >= 15 is 0 Å². The molecule has 0 aliphatic carbocycles. The normalized spacial score (nSPS) is 11.9. The Labute approximate surface area is 91.3 Å². The van der Waals surface area contributed by atoms with E-state index in [2.05, 4.69) is 18.0 Å². The first-order chi connectivity index (χ1) is 6.26. The van der Waals surface area contributed by atoms with Gasteiger partial charge in [-0.15, -0.1) is 12.4 Å². The van der Waals surface area contributed by atoms with Crippen molar-refractivity contribution < 1.29 is 0 Å². The summed E-state index contributed by atoms with van der Waals surface area (Å²) in [5.74, 6) is 0. The van der Waals surface area contributed by atoms with Crippen LogP contribution in [0.2, 0.25) is 0 Å². The molecule has 1 unspecified atom stereocenters. The van der Waals surface area contributed by atoms with Crippen LogP contribution in [0.3, 0.4) is 0 Å². The quantitative estimate of drug-likeness (QED) is 0.795. The zero-order chi connectivity index (χ0) is 9.68. The Bertz CT molecular complexity index is 265. The van der Waals surface area contributed by atoms with E-state index in [9.17, 15) is 0 Å². The molecule has 4 N–H and O–H groups in total. The van der Waals surface area contributed by atoms with Crippen LogP contribution in [0.4, 0.5) is 0 Å². The Morgan fingerprint density at radius 2 is 2.00 bits per heavy atom. The number of hydrogen-bond donors (Lipinski definition) is 2. The van der Waals surface area contributed by atoms with Gasteiger partial charge in [0.15, 0.2) is 0 Å². The van der Waals surface area contributed by atoms with Gasteiger partial charge in [0.2, 0.25) is 0 Å². The second-order valence-electron chi connectivity index (χ2n) is 3.28. The fourth-order valence-corrected chi connectivity index (χ4v) is 1.21. The summed E-state index contributed by atoms with van der Waals surface area (Å²) in [5, 5.41) is 0. The molecule has 1 heterocycles. The summed E-state index contributed by atoms with van der Waals surface area (Å²) in [6.45, 7) is 2.63. The van der Waals surface area contributed by atoms with Gasteiger partial charge < -0.3 is 11.5 Å². The van der Waals surface area contributed by atoms with Crippen molar-refractivity contribution in [2.75, 3.05) is 0 Å². The van der Waals surface area contributed by atoms with Crippen LogP contribution in [0.5, 0.6) is 0 Å². The molecule has 0 bridgehead atoms. The number of pyridine rings is 1. The Morgan fingerprint density at radius 1 is 1.36 bits per heavy atom. The van der Waals surface area contributed by atoms with Crippen molar-refractivity contribution in [3.8, 4) is 0 Å². The van der Waals surface area contributed by atoms with Crippen molar-refractivity contribution in [2.24, 2.45) is 11.5 Å². The highest BCUT2D eigenvalue weighted by Gasteiger charge is 2.01. The van der Waals surface area contributed by atoms with E-state index in [0.717, 1.165) is 18.4 Å². The van der Waals surface area contributed by atoms with E-state index in [1.54, 1.807) is 6.20 Å². The molecule has 0 saturated heterocycles. The predicted octanol–water partition coefficient (Wildman–Crippen LogP) is 1.24. The standard InChI is InChI=1S/C10H17N3.ClH/c1-2-10(12)4-8-3-9(5-11)7-13-6-8;/h3,6-7,10H,2,4-5,11-12H2,1H3;1H. The molecule has 0 fully saturated rings. The molecule has 1 atom stereocenters. The number of nitrogens with two attached hydrogens (primary N) is 2. The summed E-state index contributed by atoms with van der Waals surface area (Å²) >= 11 is 0. The first kappa shape index (κ1) is 13.4. The second-order valence-corrected chi connectivity index (χ2v) is 3.28. The molecular weight excluding hydrogens is 198 g/mol. The molecule has 0 aromatic carbocycles. The molecule has 14 heavy (non-hydrogen) atoms. The summed E-state index contributed by atoms with van der Waals surface area (Å²) in [6.07, 6.45) is 5.53. The zero-order valence-electron chi connectivity index (χ0n) is 8.44. The molecule has 0 aliphatic heterocycles. The number of halogens is 1. The maximum Gasteiger partial charge on any atom is 0.0312 e. The van der Waals surface area contributed by atoms with Crippen molar-refractivity contribution in [2.45, 2.75) is 32.4 Å². The third kappa shape index (κ3) is 4.05. The van der Waals surface area contributed by atoms with Gasteiger partial charge in [0.1, 0.15) is 0 Å². The highest BCUT2D eigenvalue weighted by atomic mass is 35.5. The van der Waals surface area contributed by atoms with Crippen LogP contribution >= 0.6 is 12.4 Å². The summed E-state index contributed by atoms with van der Waals surface area (Å²) in [4.78, 5) is 4.11. The average molecular weight is 216 g/mol. The SMILES string of the molecule is CCC(N)Cc1cncc(CN)c1.Cl. The summed E-state index contributed by atoms with van der Waals surface area (Å²) in [6, 6.07) is 2.30. The smallest absolute Gasteiger partial charge is 0.0312 e. The molecule has 1 rings (SSSR count). The number of rotatable bonds is 4. The first-order valence-electron chi connectivity index (χ1n) is 4.64. The van der Waals surface area contributed by atoms with Crippen molar-refractivity contribution in [3.05, 3.63) is 29.6 Å². The number of aromatic nitrogens is 1. The van der Waals surface area contributed by atoms with Crippen LogP contribution in [0.1, 0.15) is 24.5 Å². The lowest BCUT2D eigenvalue weighted by Crippen LogP contribution is -2.21. The van der Waals surface area contributed by atoms with Crippen LogP contribution in [-0.2, 0) is 13.0 Å². The molecule has 1 aromatic heterocycles. The Kier molecular flexibility index (Phi) is 6.45. The monoisotopic (exact) mass is 215 g/mol. The molecule has 0 aliphatic rings. The Balaban J connectivity index is 0.00000169. The van der Waals surface area contributed by atoms with Gasteiger partial charge in [0.05, 0.1) is 0 Å². The molecule has 4 heteroatoms. The third-order valence-corrected chi connectivity index (χ3v) is 2.11. The third-order valence-electron chi connectivity index (χ3n) is 2.11. The molecule has 80 valence electrons. The Morgan fingerprint density at radius 3 is 2.57 bits per heavy atom. The van der Waals surface area contributed by atoms with Crippen LogP contribution in [-0.4, -0.2) is 11.0 Å². The van der Waals surface area contributed by atoms with Gasteiger partial charge >= 0.3 is 0 Å². The molecular formula is C10H18ClN3. The van der Waals surface area contributed by atoms with E-state index in [4.69, 9.17) is 11.5 Å². The summed E-state index contributed by atoms with van der Waals surface area (Å²) in [5.41, 5.74) is 13.6. The van der Waals surface area contributed by atoms with Crippen LogP contribution in [0.15, 0.2) is 18.5 Å². The molecule has 3 nitrogen and oxygen atoms in total. The minimum Gasteiger partial charge on any atom is -0.327 e. The van der Waals surface area contributed by atoms with Crippen LogP contribution < -0.4 is 11.5 Å². The molecule has 0 radical (unpaired) electrons. The van der Waals surface area contributed by atoms with E-state index in [1.165, 1.54) is 5.56 Å². The van der Waals surface area contributed by atoms with Gasteiger partial charge in [-0.05, 0) is 24.0 Å². The van der Waals surface area contributed by atoms with Crippen molar-refractivity contribution in [3.63, 3.8) is 0 Å². The highest BCUT2D eigenvalue weighted by molar-refractivity contribution is 5.85. The molecule has 1 aromatic rings. The Hall–Kier alpha value is -0.640. The lowest BCUT2D eigenvalue weighted by Gasteiger charge is -2.08. The van der Waals surface area contributed by atoms with E-state index in [1.807, 2.05) is 6.20 Å². The predicted molar refractivity (Wildman–Crippen MR) is 61.3 cm³/mol. The van der Waals surface area contributed by atoms with Crippen molar-refractivity contribution >= 4 is 12.4 Å². The first-order valence-corrected chi connectivity index (χ1v) is 4.64. The maximum absolute atomic E-state index is 5.84. The van der Waals surface area contributed by atoms with Gasteiger partial charge in [0.25, 0.3) is 0 Å². The lowest BCUT2D eigenvalue weighted by atomic mass is 10.1. The molecule has 0 saturated carbocycles. The average Bonchev–Trinajstić information content (AvgIpc) is 2.18. The van der Waals surface area contributed by atoms with Crippen molar-refractivity contribution in [1.82, 2.24) is 4.98 Å². The minimum absolute atomic E-state index is 0. The van der Waals surface area contributed by atoms with Crippen molar-refractivity contribution in [1.29, 1.82) is 0 Å². The zero-order valence-corrected chi connectivity index (χ0v) is 9.26. The summed E-state index contributed by atoms with van der Waals surface area (Å²) < 4.78 is 0. The van der Waals surface area contributed by atoms with Gasteiger partial charge in [-0.1, -0.05) is 13.0 Å². The fourth-order valence-electron chi connectivity index (χ4n) is 1.21. The van der Waals surface area contributed by atoms with Crippen LogP contribution in [0.25, 0.3) is 0 Å². The number of nitrogens with zero attached hydrogens (tertiary/aromatic N) is 1. The fraction of sp³-hybridized carbons (Fsp3) is 0.500. The van der Waals surface area contributed by atoms with Gasteiger partial charge in [0, 0.05) is 25.0 Å². The largest absolute Gasteiger partial charge is 0.327 e. The minimum atomic E-state index is 0. The lowest BCUT2D eigenvalue weighted by molar-refractivity contribution is 0.644. The second kappa shape index (κ2) is 6.76. The topological polar surface area (TPSA) is 64.9 Å². The van der Waals surface area contributed by atoms with E-state index in [0.29, 0.717) is 6.54 Å². The highest BCUT2D eigenvalue weighted by Crippen LogP contribution is 2.05. The van der Waals surface area contributed by atoms with Crippen LogP contribution in [0, 0.1) is 0 Å². The molecule has 0 spiro atoms. The number of hydrogen-bond acceptors (Lipinski definition) is 3. The molecule has 0 amide bonds. The maximum atomic E-state index is 5.84. The van der Waals surface area contributed by atoms with E-state index in [-0.39, 0.29) is 18.4 Å².